The molecule has 1 fully saturated rings. The first-order chi connectivity index (χ1) is 13.2. The molecule has 1 saturated heterocycles. The van der Waals surface area contributed by atoms with Gasteiger partial charge in [0.2, 0.25) is 0 Å². The Bertz CT molecular complexity index is 761. The molecule has 2 amide bonds. The second-order valence-electron chi connectivity index (χ2n) is 6.64. The van der Waals surface area contributed by atoms with Crippen molar-refractivity contribution in [2.45, 2.75) is 13.0 Å². The van der Waals surface area contributed by atoms with Crippen molar-refractivity contribution in [3.63, 3.8) is 0 Å². The molecule has 0 unspecified atom stereocenters. The van der Waals surface area contributed by atoms with Crippen LogP contribution in [0, 0.1) is 5.82 Å². The monoisotopic (exact) mass is 371 g/mol. The predicted molar refractivity (Wildman–Crippen MR) is 103 cm³/mol. The van der Waals surface area contributed by atoms with Crippen LogP contribution in [0.2, 0.25) is 0 Å². The molecule has 0 radical (unpaired) electrons. The lowest BCUT2D eigenvalue weighted by molar-refractivity contribution is 0.139. The molecule has 0 spiro atoms. The van der Waals surface area contributed by atoms with Crippen molar-refractivity contribution in [1.29, 1.82) is 0 Å². The molecular formula is C21H26FN3O2. The summed E-state index contributed by atoms with van der Waals surface area (Å²) in [6, 6.07) is 14.5. The van der Waals surface area contributed by atoms with E-state index in [0.717, 1.165) is 36.5 Å². The first-order valence-electron chi connectivity index (χ1n) is 9.28. The van der Waals surface area contributed by atoms with Crippen LogP contribution < -0.4 is 10.1 Å². The molecule has 6 heteroatoms. The smallest absolute Gasteiger partial charge is 0.317 e. The van der Waals surface area contributed by atoms with Gasteiger partial charge in [-0.05, 0) is 24.1 Å². The van der Waals surface area contributed by atoms with E-state index in [1.165, 1.54) is 6.07 Å². The third-order valence-electron chi connectivity index (χ3n) is 4.94. The number of piperazine rings is 1. The van der Waals surface area contributed by atoms with Gasteiger partial charge in [-0.1, -0.05) is 36.4 Å². The highest BCUT2D eigenvalue weighted by Gasteiger charge is 2.21. The maximum Gasteiger partial charge on any atom is 0.317 e. The fourth-order valence-electron chi connectivity index (χ4n) is 3.29. The number of para-hydroxylation sites is 1. The van der Waals surface area contributed by atoms with E-state index in [9.17, 15) is 9.18 Å². The molecular weight excluding hydrogens is 345 g/mol. The Labute approximate surface area is 159 Å². The molecule has 1 N–H and O–H groups in total. The number of halogens is 1. The molecule has 3 rings (SSSR count). The van der Waals surface area contributed by atoms with Gasteiger partial charge in [0.1, 0.15) is 11.6 Å². The van der Waals surface area contributed by atoms with E-state index >= 15 is 0 Å². The minimum Gasteiger partial charge on any atom is -0.496 e. The highest BCUT2D eigenvalue weighted by Crippen LogP contribution is 2.17. The molecule has 0 atom stereocenters. The summed E-state index contributed by atoms with van der Waals surface area (Å²) >= 11 is 0. The van der Waals surface area contributed by atoms with Crippen molar-refractivity contribution in [3.05, 3.63) is 65.5 Å². The lowest BCUT2D eigenvalue weighted by Gasteiger charge is -2.34. The molecule has 1 aliphatic heterocycles. The number of amides is 2. The van der Waals surface area contributed by atoms with Crippen LogP contribution in [0.25, 0.3) is 0 Å². The number of methoxy groups -OCH3 is 1. The lowest BCUT2D eigenvalue weighted by atomic mass is 10.1. The van der Waals surface area contributed by atoms with Crippen LogP contribution >= 0.6 is 0 Å². The predicted octanol–water partition coefficient (Wildman–Crippen LogP) is 2.90. The summed E-state index contributed by atoms with van der Waals surface area (Å²) in [7, 11) is 1.63. The van der Waals surface area contributed by atoms with Gasteiger partial charge in [0, 0.05) is 44.8 Å². The van der Waals surface area contributed by atoms with Gasteiger partial charge in [-0.25, -0.2) is 9.18 Å². The minimum atomic E-state index is -0.146. The summed E-state index contributed by atoms with van der Waals surface area (Å²) < 4.78 is 19.0. The van der Waals surface area contributed by atoms with E-state index in [-0.39, 0.29) is 11.8 Å². The van der Waals surface area contributed by atoms with Crippen molar-refractivity contribution in [2.75, 3.05) is 39.8 Å². The molecule has 0 bridgehead atoms. The van der Waals surface area contributed by atoms with Crippen LogP contribution in [0.5, 0.6) is 5.75 Å². The van der Waals surface area contributed by atoms with E-state index in [1.807, 2.05) is 41.3 Å². The molecule has 2 aromatic carbocycles. The van der Waals surface area contributed by atoms with Gasteiger partial charge in [-0.3, -0.25) is 4.90 Å². The molecule has 1 aliphatic rings. The Morgan fingerprint density at radius 3 is 2.41 bits per heavy atom. The Morgan fingerprint density at radius 2 is 1.70 bits per heavy atom. The second-order valence-corrected chi connectivity index (χ2v) is 6.64. The zero-order chi connectivity index (χ0) is 19.1. The molecule has 0 aromatic heterocycles. The summed E-state index contributed by atoms with van der Waals surface area (Å²) in [5.74, 6) is 0.627. The Balaban J connectivity index is 1.42. The summed E-state index contributed by atoms with van der Waals surface area (Å²) in [5.41, 5.74) is 1.70. The zero-order valence-corrected chi connectivity index (χ0v) is 15.7. The second kappa shape index (κ2) is 9.37. The Kier molecular flexibility index (Phi) is 6.65. The highest BCUT2D eigenvalue weighted by atomic mass is 19.1. The summed E-state index contributed by atoms with van der Waals surface area (Å²) in [6.45, 7) is 4.20. The third kappa shape index (κ3) is 5.20. The fraction of sp³-hybridized carbons (Fsp3) is 0.381. The normalized spacial score (nSPS) is 14.8. The molecule has 0 aliphatic carbocycles. The maximum absolute atomic E-state index is 13.7. The average molecular weight is 371 g/mol. The van der Waals surface area contributed by atoms with Crippen LogP contribution in [-0.2, 0) is 13.0 Å². The topological polar surface area (TPSA) is 44.8 Å². The maximum atomic E-state index is 13.7. The van der Waals surface area contributed by atoms with Crippen LogP contribution in [-0.4, -0.2) is 55.7 Å². The zero-order valence-electron chi connectivity index (χ0n) is 15.7. The van der Waals surface area contributed by atoms with E-state index in [4.69, 9.17) is 4.74 Å². The summed E-state index contributed by atoms with van der Waals surface area (Å²) in [5, 5.41) is 2.96. The van der Waals surface area contributed by atoms with Gasteiger partial charge >= 0.3 is 6.03 Å². The van der Waals surface area contributed by atoms with E-state index in [0.29, 0.717) is 26.1 Å². The Morgan fingerprint density at radius 1 is 1.04 bits per heavy atom. The molecule has 1 heterocycles. The van der Waals surface area contributed by atoms with E-state index in [2.05, 4.69) is 10.2 Å². The number of hydrogen-bond acceptors (Lipinski definition) is 3. The Hall–Kier alpha value is -2.60. The quantitative estimate of drug-likeness (QED) is 0.849. The van der Waals surface area contributed by atoms with Crippen molar-refractivity contribution < 1.29 is 13.9 Å². The molecule has 5 nitrogen and oxygen atoms in total. The van der Waals surface area contributed by atoms with Crippen molar-refractivity contribution in [3.8, 4) is 5.75 Å². The number of rotatable bonds is 6. The molecule has 0 saturated carbocycles. The number of carbonyl (C=O) groups excluding carboxylic acids is 1. The first-order valence-corrected chi connectivity index (χ1v) is 9.28. The van der Waals surface area contributed by atoms with Crippen LogP contribution in [0.3, 0.4) is 0 Å². The highest BCUT2D eigenvalue weighted by molar-refractivity contribution is 5.74. The summed E-state index contributed by atoms with van der Waals surface area (Å²) in [4.78, 5) is 16.5. The van der Waals surface area contributed by atoms with Crippen LogP contribution in [0.15, 0.2) is 48.5 Å². The van der Waals surface area contributed by atoms with Gasteiger partial charge < -0.3 is 15.0 Å². The van der Waals surface area contributed by atoms with Gasteiger partial charge in [-0.2, -0.15) is 0 Å². The molecule has 144 valence electrons. The number of nitrogens with zero attached hydrogens (tertiary/aromatic N) is 2. The molecule has 2 aromatic rings. The van der Waals surface area contributed by atoms with Gasteiger partial charge in [0.05, 0.1) is 7.11 Å². The number of urea groups is 1. The average Bonchev–Trinajstić information content (AvgIpc) is 2.72. The number of nitrogens with one attached hydrogen (secondary N) is 1. The lowest BCUT2D eigenvalue weighted by Crippen LogP contribution is -2.51. The summed E-state index contributed by atoms with van der Waals surface area (Å²) in [6.07, 6.45) is 0.687. The number of benzene rings is 2. The molecule has 27 heavy (non-hydrogen) atoms. The SMILES string of the molecule is COc1ccccc1CNC(=O)N1CCN(CCc2ccccc2F)CC1. The van der Waals surface area contributed by atoms with Gasteiger partial charge in [0.25, 0.3) is 0 Å². The number of hydrogen-bond donors (Lipinski definition) is 1. The number of ether oxygens (including phenoxy) is 1. The first kappa shape index (κ1) is 19.2. The number of carbonyl (C=O) groups is 1. The van der Waals surface area contributed by atoms with E-state index < -0.39 is 0 Å². The van der Waals surface area contributed by atoms with Crippen molar-refractivity contribution in [2.24, 2.45) is 0 Å². The fourth-order valence-corrected chi connectivity index (χ4v) is 3.29. The van der Waals surface area contributed by atoms with Gasteiger partial charge in [0.15, 0.2) is 0 Å². The van der Waals surface area contributed by atoms with Crippen molar-refractivity contribution >= 4 is 6.03 Å². The van der Waals surface area contributed by atoms with Gasteiger partial charge in [-0.15, -0.1) is 0 Å². The van der Waals surface area contributed by atoms with Crippen molar-refractivity contribution in [1.82, 2.24) is 15.1 Å². The minimum absolute atomic E-state index is 0.0605. The van der Waals surface area contributed by atoms with E-state index in [1.54, 1.807) is 13.2 Å². The van der Waals surface area contributed by atoms with Crippen LogP contribution in [0.4, 0.5) is 9.18 Å². The third-order valence-corrected chi connectivity index (χ3v) is 4.94. The van der Waals surface area contributed by atoms with Crippen LogP contribution in [0.1, 0.15) is 11.1 Å². The largest absolute Gasteiger partial charge is 0.496 e. The standard InChI is InChI=1S/C21H26FN3O2/c1-27-20-9-5-3-7-18(20)16-23-21(26)25-14-12-24(13-15-25)11-10-17-6-2-4-8-19(17)22/h2-9H,10-16H2,1H3,(H,23,26).